The summed E-state index contributed by atoms with van der Waals surface area (Å²) in [6.45, 7) is 0.535. The van der Waals surface area contributed by atoms with Crippen molar-refractivity contribution in [1.82, 2.24) is 5.32 Å². The van der Waals surface area contributed by atoms with Crippen LogP contribution in [0.4, 0.5) is 5.69 Å². The Hall–Kier alpha value is -2.20. The molecular formula is C16H17ClN2O2. The third-order valence-electron chi connectivity index (χ3n) is 3.12. The molecule has 2 aromatic rings. The van der Waals surface area contributed by atoms with Crippen molar-refractivity contribution in [2.45, 2.75) is 6.42 Å². The molecule has 0 saturated heterocycles. The van der Waals surface area contributed by atoms with E-state index < -0.39 is 0 Å². The van der Waals surface area contributed by atoms with Gasteiger partial charge in [0.05, 0.1) is 12.7 Å². The summed E-state index contributed by atoms with van der Waals surface area (Å²) in [4.78, 5) is 12.0. The first-order valence-electron chi connectivity index (χ1n) is 6.56. The lowest BCUT2D eigenvalue weighted by molar-refractivity contribution is 0.0955. The fraction of sp³-hybridized carbons (Fsp3) is 0.188. The van der Waals surface area contributed by atoms with E-state index in [-0.39, 0.29) is 5.91 Å². The van der Waals surface area contributed by atoms with Gasteiger partial charge in [-0.3, -0.25) is 4.79 Å². The van der Waals surface area contributed by atoms with Crippen molar-refractivity contribution in [1.29, 1.82) is 0 Å². The summed E-state index contributed by atoms with van der Waals surface area (Å²) >= 11 is 5.81. The Balaban J connectivity index is 1.88. The Labute approximate surface area is 128 Å². The van der Waals surface area contributed by atoms with Crippen LogP contribution in [0.15, 0.2) is 42.5 Å². The molecule has 3 N–H and O–H groups in total. The van der Waals surface area contributed by atoms with Gasteiger partial charge in [0.1, 0.15) is 5.75 Å². The van der Waals surface area contributed by atoms with Gasteiger partial charge in [0, 0.05) is 17.3 Å². The van der Waals surface area contributed by atoms with Crippen LogP contribution in [0.1, 0.15) is 15.9 Å². The Morgan fingerprint density at radius 3 is 2.57 bits per heavy atom. The number of carbonyl (C=O) groups is 1. The van der Waals surface area contributed by atoms with Crippen molar-refractivity contribution in [3.63, 3.8) is 0 Å². The average Bonchev–Trinajstić information content (AvgIpc) is 2.47. The zero-order chi connectivity index (χ0) is 15.2. The van der Waals surface area contributed by atoms with Crippen molar-refractivity contribution >= 4 is 23.2 Å². The van der Waals surface area contributed by atoms with Crippen molar-refractivity contribution in [3.8, 4) is 5.75 Å². The van der Waals surface area contributed by atoms with Crippen LogP contribution >= 0.6 is 11.6 Å². The first kappa shape index (κ1) is 15.2. The second-order valence-electron chi connectivity index (χ2n) is 4.59. The summed E-state index contributed by atoms with van der Waals surface area (Å²) < 4.78 is 5.10. The molecule has 0 bridgehead atoms. The molecule has 0 atom stereocenters. The normalized spacial score (nSPS) is 10.2. The predicted octanol–water partition coefficient (Wildman–Crippen LogP) is 2.90. The third-order valence-corrected chi connectivity index (χ3v) is 3.35. The van der Waals surface area contributed by atoms with E-state index in [0.717, 1.165) is 17.7 Å². The minimum absolute atomic E-state index is 0.197. The van der Waals surface area contributed by atoms with E-state index >= 15 is 0 Å². The van der Waals surface area contributed by atoms with Crippen LogP contribution in [0.3, 0.4) is 0 Å². The van der Waals surface area contributed by atoms with Gasteiger partial charge in [-0.2, -0.15) is 0 Å². The highest BCUT2D eigenvalue weighted by molar-refractivity contribution is 6.31. The van der Waals surface area contributed by atoms with Gasteiger partial charge in [0.15, 0.2) is 0 Å². The molecule has 5 heteroatoms. The van der Waals surface area contributed by atoms with Crippen molar-refractivity contribution in [3.05, 3.63) is 58.6 Å². The van der Waals surface area contributed by atoms with Crippen LogP contribution in [0.5, 0.6) is 5.75 Å². The molecule has 1 amide bonds. The SMILES string of the molecule is COc1ccc(CCNC(=O)c2ccc(Cl)cc2N)cc1. The molecule has 4 nitrogen and oxygen atoms in total. The van der Waals surface area contributed by atoms with E-state index in [9.17, 15) is 4.79 Å². The number of rotatable bonds is 5. The quantitative estimate of drug-likeness (QED) is 0.835. The smallest absolute Gasteiger partial charge is 0.253 e. The maximum Gasteiger partial charge on any atom is 0.253 e. The Kier molecular flexibility index (Phi) is 5.06. The van der Waals surface area contributed by atoms with Gasteiger partial charge >= 0.3 is 0 Å². The number of nitrogens with one attached hydrogen (secondary N) is 1. The topological polar surface area (TPSA) is 64.3 Å². The fourth-order valence-corrected chi connectivity index (χ4v) is 2.13. The predicted molar refractivity (Wildman–Crippen MR) is 84.9 cm³/mol. The number of amides is 1. The summed E-state index contributed by atoms with van der Waals surface area (Å²) in [7, 11) is 1.63. The van der Waals surface area contributed by atoms with Crippen LogP contribution in [0, 0.1) is 0 Å². The molecule has 0 aromatic heterocycles. The Bertz CT molecular complexity index is 627. The Morgan fingerprint density at radius 2 is 1.95 bits per heavy atom. The molecule has 21 heavy (non-hydrogen) atoms. The number of ether oxygens (including phenoxy) is 1. The highest BCUT2D eigenvalue weighted by Crippen LogP contribution is 2.17. The number of nitrogen functional groups attached to an aromatic ring is 1. The highest BCUT2D eigenvalue weighted by Gasteiger charge is 2.09. The van der Waals surface area contributed by atoms with Crippen LogP contribution in [-0.2, 0) is 6.42 Å². The standard InChI is InChI=1S/C16H17ClN2O2/c1-21-13-5-2-11(3-6-13)8-9-19-16(20)14-7-4-12(17)10-15(14)18/h2-7,10H,8-9,18H2,1H3,(H,19,20). The summed E-state index contributed by atoms with van der Waals surface area (Å²) in [6.07, 6.45) is 0.739. The molecule has 0 fully saturated rings. The molecule has 0 unspecified atom stereocenters. The molecule has 0 saturated carbocycles. The first-order valence-corrected chi connectivity index (χ1v) is 6.94. The Morgan fingerprint density at radius 1 is 1.24 bits per heavy atom. The molecular weight excluding hydrogens is 288 g/mol. The van der Waals surface area contributed by atoms with Crippen LogP contribution < -0.4 is 15.8 Å². The van der Waals surface area contributed by atoms with Gasteiger partial charge < -0.3 is 15.8 Å². The lowest BCUT2D eigenvalue weighted by Crippen LogP contribution is -2.26. The number of benzene rings is 2. The van der Waals surface area contributed by atoms with Gasteiger partial charge in [0.2, 0.25) is 0 Å². The molecule has 0 aliphatic heterocycles. The van der Waals surface area contributed by atoms with E-state index in [0.29, 0.717) is 22.8 Å². The van der Waals surface area contributed by atoms with Crippen LogP contribution in [0.25, 0.3) is 0 Å². The lowest BCUT2D eigenvalue weighted by Gasteiger charge is -2.08. The molecule has 0 aliphatic rings. The molecule has 0 aliphatic carbocycles. The lowest BCUT2D eigenvalue weighted by atomic mass is 10.1. The molecule has 0 spiro atoms. The van der Waals surface area contributed by atoms with Gasteiger partial charge in [-0.05, 0) is 42.3 Å². The first-order chi connectivity index (χ1) is 10.1. The van der Waals surface area contributed by atoms with Crippen molar-refractivity contribution < 1.29 is 9.53 Å². The summed E-state index contributed by atoms with van der Waals surface area (Å²) in [5.41, 5.74) is 7.72. The van der Waals surface area contributed by atoms with E-state index in [1.54, 1.807) is 25.3 Å². The maximum absolute atomic E-state index is 12.0. The van der Waals surface area contributed by atoms with Gasteiger partial charge in [-0.1, -0.05) is 23.7 Å². The number of halogens is 1. The molecule has 0 radical (unpaired) electrons. The number of hydrogen-bond acceptors (Lipinski definition) is 3. The number of hydrogen-bond donors (Lipinski definition) is 2. The zero-order valence-corrected chi connectivity index (χ0v) is 12.5. The fourth-order valence-electron chi connectivity index (χ4n) is 1.95. The van der Waals surface area contributed by atoms with Crippen molar-refractivity contribution in [2.75, 3.05) is 19.4 Å². The average molecular weight is 305 g/mol. The molecule has 2 aromatic carbocycles. The highest BCUT2D eigenvalue weighted by atomic mass is 35.5. The van der Waals surface area contributed by atoms with Crippen LogP contribution in [-0.4, -0.2) is 19.6 Å². The molecule has 2 rings (SSSR count). The summed E-state index contributed by atoms with van der Waals surface area (Å²) in [5.74, 6) is 0.620. The second kappa shape index (κ2) is 6.99. The summed E-state index contributed by atoms with van der Waals surface area (Å²) in [6, 6.07) is 12.6. The van der Waals surface area contributed by atoms with Gasteiger partial charge in [-0.15, -0.1) is 0 Å². The van der Waals surface area contributed by atoms with E-state index in [1.165, 1.54) is 0 Å². The molecule has 0 heterocycles. The van der Waals surface area contributed by atoms with Gasteiger partial charge in [0.25, 0.3) is 5.91 Å². The minimum Gasteiger partial charge on any atom is -0.497 e. The number of nitrogens with two attached hydrogens (primary N) is 1. The van der Waals surface area contributed by atoms with E-state index in [1.807, 2.05) is 24.3 Å². The second-order valence-corrected chi connectivity index (χ2v) is 5.02. The van der Waals surface area contributed by atoms with Gasteiger partial charge in [-0.25, -0.2) is 0 Å². The minimum atomic E-state index is -0.197. The van der Waals surface area contributed by atoms with E-state index in [4.69, 9.17) is 22.1 Å². The maximum atomic E-state index is 12.0. The zero-order valence-electron chi connectivity index (χ0n) is 11.7. The number of anilines is 1. The monoisotopic (exact) mass is 304 g/mol. The molecule has 110 valence electrons. The summed E-state index contributed by atoms with van der Waals surface area (Å²) in [5, 5.41) is 3.36. The largest absolute Gasteiger partial charge is 0.497 e. The van der Waals surface area contributed by atoms with E-state index in [2.05, 4.69) is 5.32 Å². The number of carbonyl (C=O) groups excluding carboxylic acids is 1. The third kappa shape index (κ3) is 4.13. The van der Waals surface area contributed by atoms with Crippen molar-refractivity contribution in [2.24, 2.45) is 0 Å². The number of methoxy groups -OCH3 is 1. The van der Waals surface area contributed by atoms with Crippen LogP contribution in [0.2, 0.25) is 5.02 Å².